The third-order valence-corrected chi connectivity index (χ3v) is 5.72. The number of rotatable bonds is 13. The number of nitrogens with one attached hydrogen (secondary N) is 1. The van der Waals surface area contributed by atoms with E-state index in [1.807, 2.05) is 20.8 Å². The van der Waals surface area contributed by atoms with Crippen molar-refractivity contribution in [2.24, 2.45) is 0 Å². The number of ether oxygens (including phenoxy) is 4. The van der Waals surface area contributed by atoms with Gasteiger partial charge in [-0.15, -0.1) is 0 Å². The first-order valence-corrected chi connectivity index (χ1v) is 12.7. The van der Waals surface area contributed by atoms with Crippen LogP contribution in [0.3, 0.4) is 0 Å². The number of carbonyl (C=O) groups excluding carboxylic acids is 2. The van der Waals surface area contributed by atoms with Crippen LogP contribution < -0.4 is 14.2 Å². The number of hydrogen-bond donors (Lipinski definition) is 1. The molecular weight excluding hydrogens is 479 g/mol. The molecule has 0 amide bonds. The van der Waals surface area contributed by atoms with Crippen LogP contribution in [-0.2, 0) is 11.3 Å². The second-order valence-corrected chi connectivity index (χ2v) is 8.91. The number of ketones is 1. The van der Waals surface area contributed by atoms with Crippen molar-refractivity contribution in [1.82, 2.24) is 4.90 Å². The zero-order chi connectivity index (χ0) is 27.1. The lowest BCUT2D eigenvalue weighted by Crippen LogP contribution is -2.30. The first-order valence-electron chi connectivity index (χ1n) is 12.7. The number of carbonyl (C=O) groups is 2. The molecule has 0 bridgehead atoms. The summed E-state index contributed by atoms with van der Waals surface area (Å²) < 4.78 is 37.4. The quantitative estimate of drug-likeness (QED) is 0.217. The van der Waals surface area contributed by atoms with Crippen molar-refractivity contribution in [3.8, 4) is 17.2 Å². The second-order valence-electron chi connectivity index (χ2n) is 8.91. The van der Waals surface area contributed by atoms with E-state index in [4.69, 9.17) is 24.4 Å². The van der Waals surface area contributed by atoms with Gasteiger partial charge in [0, 0.05) is 12.1 Å². The molecule has 8 nitrogen and oxygen atoms in total. The Morgan fingerprint density at radius 2 is 1.81 bits per heavy atom. The van der Waals surface area contributed by atoms with Gasteiger partial charge in [-0.1, -0.05) is 13.3 Å². The topological polar surface area (TPSA) is 98.2 Å². The number of amidine groups is 1. The monoisotopic (exact) mass is 514 g/mol. The molecule has 0 fully saturated rings. The van der Waals surface area contributed by atoms with E-state index in [0.717, 1.165) is 12.8 Å². The molecule has 37 heavy (non-hydrogen) atoms. The Hall–Kier alpha value is -3.62. The van der Waals surface area contributed by atoms with E-state index in [1.54, 1.807) is 32.0 Å². The summed E-state index contributed by atoms with van der Waals surface area (Å²) >= 11 is 0. The lowest BCUT2D eigenvalue weighted by Gasteiger charge is -2.18. The molecule has 1 N–H and O–H groups in total. The highest BCUT2D eigenvalue weighted by atomic mass is 19.1. The number of unbranched alkanes of at least 4 members (excludes halogenated alkanes) is 1. The minimum Gasteiger partial charge on any atom is -0.490 e. The van der Waals surface area contributed by atoms with Crippen molar-refractivity contribution in [3.63, 3.8) is 0 Å². The molecule has 0 atom stereocenters. The van der Waals surface area contributed by atoms with Gasteiger partial charge in [-0.3, -0.25) is 10.2 Å². The number of fused-ring (bicyclic) bond motifs is 1. The summed E-state index contributed by atoms with van der Waals surface area (Å²) in [4.78, 5) is 27.4. The number of halogens is 1. The van der Waals surface area contributed by atoms with Crippen LogP contribution in [0.2, 0.25) is 0 Å². The zero-order valence-electron chi connectivity index (χ0n) is 22.1. The Bertz CT molecular complexity index is 1160. The van der Waals surface area contributed by atoms with E-state index in [2.05, 4.69) is 0 Å². The average molecular weight is 515 g/mol. The van der Waals surface area contributed by atoms with E-state index in [0.29, 0.717) is 17.9 Å². The summed E-state index contributed by atoms with van der Waals surface area (Å²) in [6, 6.07) is 6.28. The molecule has 0 spiro atoms. The predicted molar refractivity (Wildman–Crippen MR) is 138 cm³/mol. The lowest BCUT2D eigenvalue weighted by atomic mass is 10.1. The smallest absolute Gasteiger partial charge is 0.341 e. The van der Waals surface area contributed by atoms with E-state index in [-0.39, 0.29) is 72.2 Å². The van der Waals surface area contributed by atoms with Gasteiger partial charge < -0.3 is 23.8 Å². The molecule has 0 saturated heterocycles. The minimum atomic E-state index is -0.671. The van der Waals surface area contributed by atoms with Crippen LogP contribution >= 0.6 is 0 Å². The molecule has 3 rings (SSSR count). The largest absolute Gasteiger partial charge is 0.490 e. The van der Waals surface area contributed by atoms with Gasteiger partial charge in [-0.2, -0.15) is 0 Å². The predicted octanol–water partition coefficient (Wildman–Crippen LogP) is 5.39. The molecule has 9 heteroatoms. The first-order chi connectivity index (χ1) is 17.7. The number of hydrogen-bond acceptors (Lipinski definition) is 7. The van der Waals surface area contributed by atoms with Crippen LogP contribution in [0, 0.1) is 11.2 Å². The molecule has 0 unspecified atom stereocenters. The van der Waals surface area contributed by atoms with Crippen LogP contribution in [0.15, 0.2) is 24.3 Å². The van der Waals surface area contributed by atoms with E-state index in [9.17, 15) is 9.59 Å². The fourth-order valence-corrected chi connectivity index (χ4v) is 4.03. The number of benzene rings is 2. The summed E-state index contributed by atoms with van der Waals surface area (Å²) in [6.45, 7) is 10.1. The number of Topliss-reactive ketones (excluding diaryl/α,β-unsaturated/α-hetero) is 1. The van der Waals surface area contributed by atoms with Crippen molar-refractivity contribution >= 4 is 17.6 Å². The first kappa shape index (κ1) is 28.0. The number of esters is 1. The van der Waals surface area contributed by atoms with Crippen LogP contribution in [-0.4, -0.2) is 55.0 Å². The van der Waals surface area contributed by atoms with Crippen LogP contribution in [0.5, 0.6) is 17.2 Å². The number of nitrogens with zero attached hydrogens (tertiary/aromatic N) is 1. The van der Waals surface area contributed by atoms with Gasteiger partial charge >= 0.3 is 5.97 Å². The highest BCUT2D eigenvalue weighted by Gasteiger charge is 2.33. The summed E-state index contributed by atoms with van der Waals surface area (Å²) in [6.07, 6.45) is 1.43. The lowest BCUT2D eigenvalue weighted by molar-refractivity contribution is 0.0493. The van der Waals surface area contributed by atoms with Gasteiger partial charge in [0.2, 0.25) is 0 Å². The molecule has 0 aromatic heterocycles. The third-order valence-electron chi connectivity index (χ3n) is 5.72. The zero-order valence-corrected chi connectivity index (χ0v) is 22.1. The van der Waals surface area contributed by atoms with Crippen LogP contribution in [0.1, 0.15) is 79.3 Å². The van der Waals surface area contributed by atoms with Crippen LogP contribution in [0.25, 0.3) is 0 Å². The highest BCUT2D eigenvalue weighted by Crippen LogP contribution is 2.39. The fourth-order valence-electron chi connectivity index (χ4n) is 4.03. The molecule has 2 aromatic rings. The van der Waals surface area contributed by atoms with Gasteiger partial charge in [-0.25, -0.2) is 9.18 Å². The maximum atomic E-state index is 15.3. The standard InChI is InChI=1S/C28H35FN2O6/c1-6-9-12-36-28(33)20-13-18(10-11-22(20)37-17(4)5)21(32)16-31-15-19-14-23(34-7-2)26(35-8-3)25(29)24(19)27(31)30/h10-11,13-14,17,30H,6-9,12,15-16H2,1-5H3. The van der Waals surface area contributed by atoms with Crippen molar-refractivity contribution < 1.29 is 32.9 Å². The second kappa shape index (κ2) is 12.6. The molecule has 0 aliphatic carbocycles. The third kappa shape index (κ3) is 6.39. The molecular formula is C28H35FN2O6. The van der Waals surface area contributed by atoms with Gasteiger partial charge in [0.15, 0.2) is 23.1 Å². The van der Waals surface area contributed by atoms with Gasteiger partial charge in [-0.05, 0) is 63.9 Å². The Morgan fingerprint density at radius 1 is 1.08 bits per heavy atom. The molecule has 0 radical (unpaired) electrons. The summed E-state index contributed by atoms with van der Waals surface area (Å²) in [5.74, 6) is -1.09. The molecule has 1 aliphatic rings. The molecule has 1 aliphatic heterocycles. The molecule has 200 valence electrons. The van der Waals surface area contributed by atoms with Crippen LogP contribution in [0.4, 0.5) is 4.39 Å². The Balaban J connectivity index is 1.84. The van der Waals surface area contributed by atoms with Gasteiger partial charge in [0.25, 0.3) is 0 Å². The Labute approximate surface area is 217 Å². The maximum absolute atomic E-state index is 15.3. The highest BCUT2D eigenvalue weighted by molar-refractivity contribution is 6.06. The molecule has 0 saturated carbocycles. The van der Waals surface area contributed by atoms with E-state index >= 15 is 4.39 Å². The van der Waals surface area contributed by atoms with Crippen molar-refractivity contribution in [1.29, 1.82) is 5.41 Å². The Kier molecular flexibility index (Phi) is 9.49. The summed E-state index contributed by atoms with van der Waals surface area (Å²) in [5, 5.41) is 8.54. The molecule has 2 aromatic carbocycles. The molecule has 1 heterocycles. The van der Waals surface area contributed by atoms with Crippen molar-refractivity contribution in [2.75, 3.05) is 26.4 Å². The summed E-state index contributed by atoms with van der Waals surface area (Å²) in [5.41, 5.74) is 1.08. The normalized spacial score (nSPS) is 12.5. The Morgan fingerprint density at radius 3 is 2.46 bits per heavy atom. The van der Waals surface area contributed by atoms with Crippen molar-refractivity contribution in [2.45, 2.75) is 60.1 Å². The van der Waals surface area contributed by atoms with Crippen molar-refractivity contribution in [3.05, 3.63) is 52.3 Å². The minimum absolute atomic E-state index is 0.0343. The SMILES string of the molecule is CCCCOC(=O)c1cc(C(=O)CN2Cc3cc(OCC)c(OCC)c(F)c3C2=N)ccc1OC(C)C. The van der Waals surface area contributed by atoms with E-state index < -0.39 is 11.8 Å². The summed E-state index contributed by atoms with van der Waals surface area (Å²) in [7, 11) is 0. The van der Waals surface area contributed by atoms with E-state index in [1.165, 1.54) is 11.0 Å². The van der Waals surface area contributed by atoms with Gasteiger partial charge in [0.05, 0.1) is 38.0 Å². The fraction of sp³-hybridized carbons (Fsp3) is 0.464. The average Bonchev–Trinajstić information content (AvgIpc) is 3.16. The van der Waals surface area contributed by atoms with Gasteiger partial charge in [0.1, 0.15) is 17.1 Å². The maximum Gasteiger partial charge on any atom is 0.341 e.